The van der Waals surface area contributed by atoms with Crippen molar-refractivity contribution in [2.24, 2.45) is 4.99 Å². The maximum atomic E-state index is 13.0. The number of piperidine rings is 1. The molecule has 2 aromatic carbocycles. The Labute approximate surface area is 211 Å². The predicted octanol–water partition coefficient (Wildman–Crippen LogP) is 7.41. The summed E-state index contributed by atoms with van der Waals surface area (Å²) >= 11 is 12.7. The third-order valence-electron chi connectivity index (χ3n) is 6.14. The van der Waals surface area contributed by atoms with Crippen LogP contribution in [0.2, 0.25) is 10.0 Å². The van der Waals surface area contributed by atoms with Crippen molar-refractivity contribution in [2.45, 2.75) is 38.3 Å². The third kappa shape index (κ3) is 5.23. The predicted molar refractivity (Wildman–Crippen MR) is 134 cm³/mol. The van der Waals surface area contributed by atoms with Gasteiger partial charge in [-0.1, -0.05) is 29.3 Å². The summed E-state index contributed by atoms with van der Waals surface area (Å²) in [5.74, 6) is 1.07. The lowest BCUT2D eigenvalue weighted by Gasteiger charge is -2.27. The zero-order valence-electron chi connectivity index (χ0n) is 18.7. The van der Waals surface area contributed by atoms with E-state index in [0.29, 0.717) is 46.0 Å². The lowest BCUT2D eigenvalue weighted by Crippen LogP contribution is -2.31. The molecule has 1 aromatic heterocycles. The van der Waals surface area contributed by atoms with Gasteiger partial charge in [0.1, 0.15) is 5.69 Å². The van der Waals surface area contributed by atoms with Gasteiger partial charge in [0.25, 0.3) is 0 Å². The first-order valence-electron chi connectivity index (χ1n) is 11.4. The first-order valence-corrected chi connectivity index (χ1v) is 12.1. The Morgan fingerprint density at radius 2 is 1.60 bits per heavy atom. The van der Waals surface area contributed by atoms with Crippen LogP contribution in [0.15, 0.2) is 47.5 Å². The number of aromatic nitrogens is 2. The molecule has 2 aliphatic rings. The highest BCUT2D eigenvalue weighted by Crippen LogP contribution is 2.38. The Bertz CT molecular complexity index is 1250. The smallest absolute Gasteiger partial charge is 0.341 e. The summed E-state index contributed by atoms with van der Waals surface area (Å²) in [7, 11) is 0. The van der Waals surface area contributed by atoms with Gasteiger partial charge >= 0.3 is 6.18 Å². The largest absolute Gasteiger partial charge is 0.416 e. The molecular weight excluding hydrogens is 498 g/mol. The number of rotatable bonds is 5. The lowest BCUT2D eigenvalue weighted by molar-refractivity contribution is -0.137. The molecule has 2 aliphatic heterocycles. The second-order valence-electron chi connectivity index (χ2n) is 8.65. The van der Waals surface area contributed by atoms with Gasteiger partial charge in [0, 0.05) is 47.4 Å². The van der Waals surface area contributed by atoms with E-state index < -0.39 is 11.7 Å². The quantitative estimate of drug-likeness (QED) is 0.381. The van der Waals surface area contributed by atoms with Crippen molar-refractivity contribution in [3.8, 4) is 0 Å². The van der Waals surface area contributed by atoms with Gasteiger partial charge in [0.05, 0.1) is 11.3 Å². The van der Waals surface area contributed by atoms with E-state index in [1.54, 1.807) is 18.2 Å². The topological polar surface area (TPSA) is 53.4 Å². The molecule has 182 valence electrons. The van der Waals surface area contributed by atoms with Gasteiger partial charge in [-0.15, -0.1) is 0 Å². The Kier molecular flexibility index (Phi) is 6.59. The molecule has 0 amide bonds. The zero-order valence-corrected chi connectivity index (χ0v) is 20.2. The standard InChI is InChI=1S/C25H22Cl2F3N5/c26-19-5-4-6-20(27)18(19)13-17-14-21-22(31-17)23(34-24(33-21)35-11-2-1-3-12-35)32-16-9-7-15(8-10-16)25(28,29)30/h4-10H,1-3,11-14H2,(H,32,33,34). The van der Waals surface area contributed by atoms with Crippen molar-refractivity contribution in [3.63, 3.8) is 0 Å². The van der Waals surface area contributed by atoms with Gasteiger partial charge in [-0.05, 0) is 61.2 Å². The van der Waals surface area contributed by atoms with Gasteiger partial charge < -0.3 is 10.2 Å². The van der Waals surface area contributed by atoms with Crippen molar-refractivity contribution in [2.75, 3.05) is 23.3 Å². The first-order chi connectivity index (χ1) is 16.8. The number of nitrogens with zero attached hydrogens (tertiary/aromatic N) is 4. The highest BCUT2D eigenvalue weighted by atomic mass is 35.5. The third-order valence-corrected chi connectivity index (χ3v) is 6.85. The van der Waals surface area contributed by atoms with Crippen LogP contribution in [0.1, 0.15) is 36.1 Å². The number of alkyl halides is 3. The number of benzene rings is 2. The SMILES string of the molecule is FC(F)(F)c1ccc(Nc2nc(N3CCCCC3)nc3c2N=C(Cc2c(Cl)cccc2Cl)C3)cc1. The van der Waals surface area contributed by atoms with E-state index in [1.807, 2.05) is 0 Å². The van der Waals surface area contributed by atoms with E-state index in [0.717, 1.165) is 55.0 Å². The number of aliphatic imine (C=N–C) groups is 1. The monoisotopic (exact) mass is 519 g/mol. The van der Waals surface area contributed by atoms with Crippen LogP contribution in [0.5, 0.6) is 0 Å². The van der Waals surface area contributed by atoms with Crippen LogP contribution >= 0.6 is 23.2 Å². The van der Waals surface area contributed by atoms with Crippen LogP contribution < -0.4 is 10.2 Å². The summed E-state index contributed by atoms with van der Waals surface area (Å²) in [4.78, 5) is 16.5. The Hall–Kier alpha value is -2.84. The van der Waals surface area contributed by atoms with Crippen LogP contribution in [0.4, 0.5) is 36.3 Å². The van der Waals surface area contributed by atoms with Crippen LogP contribution in [0, 0.1) is 0 Å². The molecule has 1 N–H and O–H groups in total. The molecule has 5 nitrogen and oxygen atoms in total. The minimum Gasteiger partial charge on any atom is -0.341 e. The summed E-state index contributed by atoms with van der Waals surface area (Å²) in [6, 6.07) is 10.2. The van der Waals surface area contributed by atoms with Crippen LogP contribution in [0.3, 0.4) is 0 Å². The Morgan fingerprint density at radius 3 is 2.26 bits per heavy atom. The highest BCUT2D eigenvalue weighted by molar-refractivity contribution is 6.36. The molecule has 5 rings (SSSR count). The number of hydrogen-bond donors (Lipinski definition) is 1. The minimum absolute atomic E-state index is 0.466. The summed E-state index contributed by atoms with van der Waals surface area (Å²) in [6.07, 6.45) is -0.113. The van der Waals surface area contributed by atoms with Gasteiger partial charge in [-0.25, -0.2) is 4.98 Å². The maximum Gasteiger partial charge on any atom is 0.416 e. The van der Waals surface area contributed by atoms with Gasteiger partial charge in [0.15, 0.2) is 5.82 Å². The molecule has 0 unspecified atom stereocenters. The first kappa shape index (κ1) is 23.9. The van der Waals surface area contributed by atoms with Crippen LogP contribution in [-0.2, 0) is 19.0 Å². The van der Waals surface area contributed by atoms with E-state index in [2.05, 4.69) is 10.2 Å². The summed E-state index contributed by atoms with van der Waals surface area (Å²) in [5, 5.41) is 4.30. The maximum absolute atomic E-state index is 13.0. The van der Waals surface area contributed by atoms with E-state index >= 15 is 0 Å². The molecule has 0 aliphatic carbocycles. The molecule has 1 fully saturated rings. The number of halogens is 5. The Balaban J connectivity index is 1.48. The molecule has 0 spiro atoms. The molecule has 0 bridgehead atoms. The summed E-state index contributed by atoms with van der Waals surface area (Å²) < 4.78 is 38.9. The molecular formula is C25H22Cl2F3N5. The van der Waals surface area contributed by atoms with Gasteiger partial charge in [-0.2, -0.15) is 18.2 Å². The summed E-state index contributed by atoms with van der Waals surface area (Å²) in [5.41, 5.74) is 2.78. The molecule has 1 saturated heterocycles. The van der Waals surface area contributed by atoms with E-state index in [1.165, 1.54) is 18.6 Å². The van der Waals surface area contributed by atoms with Crippen molar-refractivity contribution in [3.05, 3.63) is 69.3 Å². The van der Waals surface area contributed by atoms with Crippen molar-refractivity contribution < 1.29 is 13.2 Å². The van der Waals surface area contributed by atoms with Crippen molar-refractivity contribution >= 4 is 52.1 Å². The molecule has 0 radical (unpaired) electrons. The van der Waals surface area contributed by atoms with Crippen molar-refractivity contribution in [1.29, 1.82) is 0 Å². The fourth-order valence-electron chi connectivity index (χ4n) is 4.33. The molecule has 35 heavy (non-hydrogen) atoms. The average molecular weight is 520 g/mol. The average Bonchev–Trinajstić information content (AvgIpc) is 3.25. The lowest BCUT2D eigenvalue weighted by atomic mass is 10.1. The molecule has 0 atom stereocenters. The van der Waals surface area contributed by atoms with E-state index in [4.69, 9.17) is 38.2 Å². The van der Waals surface area contributed by atoms with Gasteiger partial charge in [0.2, 0.25) is 5.95 Å². The van der Waals surface area contributed by atoms with Gasteiger partial charge in [-0.3, -0.25) is 4.99 Å². The number of nitrogens with one attached hydrogen (secondary N) is 1. The molecule has 0 saturated carbocycles. The Morgan fingerprint density at radius 1 is 0.914 bits per heavy atom. The number of fused-ring (bicyclic) bond motifs is 1. The van der Waals surface area contributed by atoms with Crippen LogP contribution in [-0.4, -0.2) is 28.8 Å². The highest BCUT2D eigenvalue weighted by Gasteiger charge is 2.30. The fourth-order valence-corrected chi connectivity index (χ4v) is 4.86. The van der Waals surface area contributed by atoms with Crippen molar-refractivity contribution in [1.82, 2.24) is 9.97 Å². The number of hydrogen-bond acceptors (Lipinski definition) is 5. The van der Waals surface area contributed by atoms with Crippen LogP contribution in [0.25, 0.3) is 0 Å². The van der Waals surface area contributed by atoms with E-state index in [-0.39, 0.29) is 0 Å². The minimum atomic E-state index is -4.39. The zero-order chi connectivity index (χ0) is 24.6. The molecule has 3 aromatic rings. The second kappa shape index (κ2) is 9.66. The fraction of sp³-hybridized carbons (Fsp3) is 0.320. The van der Waals surface area contributed by atoms with E-state index in [9.17, 15) is 13.2 Å². The second-order valence-corrected chi connectivity index (χ2v) is 9.46. The normalized spacial score (nSPS) is 15.7. The summed E-state index contributed by atoms with van der Waals surface area (Å²) in [6.45, 7) is 1.73. The molecule has 3 heterocycles. The number of anilines is 3. The molecule has 10 heteroatoms.